The van der Waals surface area contributed by atoms with Gasteiger partial charge in [0.2, 0.25) is 0 Å². The second-order valence-electron chi connectivity index (χ2n) is 4.71. The van der Waals surface area contributed by atoms with Crippen LogP contribution >= 0.6 is 0 Å². The van der Waals surface area contributed by atoms with Crippen LogP contribution in [0.1, 0.15) is 40.9 Å². The lowest BCUT2D eigenvalue weighted by molar-refractivity contribution is 0.0935. The standard InChI is InChI=1S/C17H19NO/c1-3-16(14-9-5-4-6-10-14)18-17(19)15-11-7-8-13(2)12-15/h4-12,16H,3H2,1-2H3,(H,18,19)/t16-/m1/s1. The topological polar surface area (TPSA) is 29.1 Å². The van der Waals surface area contributed by atoms with Gasteiger partial charge in [-0.25, -0.2) is 0 Å². The second kappa shape index (κ2) is 6.19. The summed E-state index contributed by atoms with van der Waals surface area (Å²) in [4.78, 5) is 12.2. The van der Waals surface area contributed by atoms with Crippen LogP contribution in [0.3, 0.4) is 0 Å². The third-order valence-electron chi connectivity index (χ3n) is 3.20. The number of carbonyl (C=O) groups excluding carboxylic acids is 1. The Morgan fingerprint density at radius 3 is 2.47 bits per heavy atom. The van der Waals surface area contributed by atoms with Crippen molar-refractivity contribution in [3.05, 3.63) is 71.3 Å². The van der Waals surface area contributed by atoms with Crippen LogP contribution in [-0.2, 0) is 0 Å². The Kier molecular flexibility index (Phi) is 4.35. The number of hydrogen-bond donors (Lipinski definition) is 1. The van der Waals surface area contributed by atoms with Crippen molar-refractivity contribution in [2.45, 2.75) is 26.3 Å². The molecule has 98 valence electrons. The van der Waals surface area contributed by atoms with Gasteiger partial charge in [-0.1, -0.05) is 55.0 Å². The van der Waals surface area contributed by atoms with E-state index in [0.29, 0.717) is 0 Å². The molecule has 2 aromatic carbocycles. The summed E-state index contributed by atoms with van der Waals surface area (Å²) in [6.45, 7) is 4.07. The van der Waals surface area contributed by atoms with Crippen LogP contribution in [0.4, 0.5) is 0 Å². The van der Waals surface area contributed by atoms with E-state index in [1.807, 2.05) is 61.5 Å². The first-order valence-corrected chi connectivity index (χ1v) is 6.63. The highest BCUT2D eigenvalue weighted by Crippen LogP contribution is 2.17. The van der Waals surface area contributed by atoms with Crippen molar-refractivity contribution in [2.24, 2.45) is 0 Å². The predicted molar refractivity (Wildman–Crippen MR) is 78.1 cm³/mol. The molecule has 0 saturated carbocycles. The molecule has 1 amide bonds. The molecule has 19 heavy (non-hydrogen) atoms. The molecule has 1 N–H and O–H groups in total. The first kappa shape index (κ1) is 13.3. The monoisotopic (exact) mass is 253 g/mol. The number of carbonyl (C=O) groups is 1. The molecule has 0 aliphatic heterocycles. The minimum absolute atomic E-state index is 0.0144. The fourth-order valence-corrected chi connectivity index (χ4v) is 2.13. The van der Waals surface area contributed by atoms with E-state index >= 15 is 0 Å². The fourth-order valence-electron chi connectivity index (χ4n) is 2.13. The first-order chi connectivity index (χ1) is 9.20. The second-order valence-corrected chi connectivity index (χ2v) is 4.71. The van der Waals surface area contributed by atoms with Crippen LogP contribution in [0, 0.1) is 6.92 Å². The van der Waals surface area contributed by atoms with Crippen LogP contribution < -0.4 is 5.32 Å². The summed E-state index contributed by atoms with van der Waals surface area (Å²) in [5.74, 6) is -0.0144. The van der Waals surface area contributed by atoms with Gasteiger partial charge in [0, 0.05) is 5.56 Å². The highest BCUT2D eigenvalue weighted by Gasteiger charge is 2.13. The number of nitrogens with one attached hydrogen (secondary N) is 1. The minimum Gasteiger partial charge on any atom is -0.345 e. The van der Waals surface area contributed by atoms with E-state index in [9.17, 15) is 4.79 Å². The van der Waals surface area contributed by atoms with E-state index in [0.717, 1.165) is 23.1 Å². The number of benzene rings is 2. The molecule has 0 unspecified atom stereocenters. The molecule has 0 saturated heterocycles. The summed E-state index contributed by atoms with van der Waals surface area (Å²) in [5, 5.41) is 3.09. The fraction of sp³-hybridized carbons (Fsp3) is 0.235. The van der Waals surface area contributed by atoms with Crippen LogP contribution in [0.5, 0.6) is 0 Å². The summed E-state index contributed by atoms with van der Waals surface area (Å²) in [6, 6.07) is 17.8. The molecule has 2 heteroatoms. The van der Waals surface area contributed by atoms with Crippen LogP contribution in [-0.4, -0.2) is 5.91 Å². The van der Waals surface area contributed by atoms with Gasteiger partial charge >= 0.3 is 0 Å². The zero-order chi connectivity index (χ0) is 13.7. The molecule has 1 atom stereocenters. The Morgan fingerprint density at radius 1 is 1.11 bits per heavy atom. The highest BCUT2D eigenvalue weighted by molar-refractivity contribution is 5.94. The molecule has 2 aromatic rings. The summed E-state index contributed by atoms with van der Waals surface area (Å²) in [7, 11) is 0. The normalized spacial score (nSPS) is 11.9. The van der Waals surface area contributed by atoms with Gasteiger partial charge in [-0.15, -0.1) is 0 Å². The van der Waals surface area contributed by atoms with Crippen molar-refractivity contribution >= 4 is 5.91 Å². The molecule has 2 nitrogen and oxygen atoms in total. The molecule has 0 aliphatic carbocycles. The minimum atomic E-state index is -0.0144. The first-order valence-electron chi connectivity index (χ1n) is 6.63. The third kappa shape index (κ3) is 3.44. The molecule has 0 aromatic heterocycles. The predicted octanol–water partition coefficient (Wildman–Crippen LogP) is 3.88. The smallest absolute Gasteiger partial charge is 0.251 e. The van der Waals surface area contributed by atoms with Gasteiger partial charge in [0.1, 0.15) is 0 Å². The quantitative estimate of drug-likeness (QED) is 0.880. The molecule has 0 radical (unpaired) electrons. The Balaban J connectivity index is 2.13. The van der Waals surface area contributed by atoms with E-state index in [4.69, 9.17) is 0 Å². The maximum atomic E-state index is 12.2. The maximum Gasteiger partial charge on any atom is 0.251 e. The largest absolute Gasteiger partial charge is 0.345 e. The molecular weight excluding hydrogens is 234 g/mol. The van der Waals surface area contributed by atoms with Gasteiger partial charge in [-0.3, -0.25) is 4.79 Å². The van der Waals surface area contributed by atoms with Crippen molar-refractivity contribution in [3.63, 3.8) is 0 Å². The van der Waals surface area contributed by atoms with Gasteiger partial charge in [0.25, 0.3) is 5.91 Å². The Labute approximate surface area is 114 Å². The van der Waals surface area contributed by atoms with Crippen molar-refractivity contribution in [2.75, 3.05) is 0 Å². The summed E-state index contributed by atoms with van der Waals surface area (Å²) < 4.78 is 0. The molecule has 0 bridgehead atoms. The molecule has 0 heterocycles. The lowest BCUT2D eigenvalue weighted by Crippen LogP contribution is -2.28. The summed E-state index contributed by atoms with van der Waals surface area (Å²) in [6.07, 6.45) is 0.877. The molecule has 0 fully saturated rings. The van der Waals surface area contributed by atoms with E-state index < -0.39 is 0 Å². The SMILES string of the molecule is CC[C@@H](NC(=O)c1cccc(C)c1)c1ccccc1. The van der Waals surface area contributed by atoms with E-state index in [2.05, 4.69) is 12.2 Å². The molecule has 0 spiro atoms. The molecule has 2 rings (SSSR count). The van der Waals surface area contributed by atoms with Gasteiger partial charge in [0.05, 0.1) is 6.04 Å². The lowest BCUT2D eigenvalue weighted by atomic mass is 10.0. The van der Waals surface area contributed by atoms with E-state index in [1.54, 1.807) is 0 Å². The van der Waals surface area contributed by atoms with E-state index in [1.165, 1.54) is 0 Å². The van der Waals surface area contributed by atoms with Gasteiger partial charge in [-0.05, 0) is 31.0 Å². The van der Waals surface area contributed by atoms with E-state index in [-0.39, 0.29) is 11.9 Å². The van der Waals surface area contributed by atoms with Crippen LogP contribution in [0.25, 0.3) is 0 Å². The highest BCUT2D eigenvalue weighted by atomic mass is 16.1. The Bertz CT molecular complexity index is 548. The average molecular weight is 253 g/mol. The zero-order valence-corrected chi connectivity index (χ0v) is 11.4. The maximum absolute atomic E-state index is 12.2. The zero-order valence-electron chi connectivity index (χ0n) is 11.4. The van der Waals surface area contributed by atoms with Crippen molar-refractivity contribution in [3.8, 4) is 0 Å². The molecule has 0 aliphatic rings. The van der Waals surface area contributed by atoms with Crippen molar-refractivity contribution in [1.82, 2.24) is 5.32 Å². The van der Waals surface area contributed by atoms with Gasteiger partial charge in [-0.2, -0.15) is 0 Å². The van der Waals surface area contributed by atoms with Crippen molar-refractivity contribution in [1.29, 1.82) is 0 Å². The lowest BCUT2D eigenvalue weighted by Gasteiger charge is -2.17. The number of amides is 1. The summed E-state index contributed by atoms with van der Waals surface area (Å²) in [5.41, 5.74) is 2.96. The Hall–Kier alpha value is -2.09. The average Bonchev–Trinajstić information content (AvgIpc) is 2.45. The van der Waals surface area contributed by atoms with Crippen LogP contribution in [0.15, 0.2) is 54.6 Å². The Morgan fingerprint density at radius 2 is 1.84 bits per heavy atom. The number of rotatable bonds is 4. The van der Waals surface area contributed by atoms with Gasteiger partial charge in [0.15, 0.2) is 0 Å². The number of aryl methyl sites for hydroxylation is 1. The van der Waals surface area contributed by atoms with Crippen LogP contribution in [0.2, 0.25) is 0 Å². The third-order valence-corrected chi connectivity index (χ3v) is 3.20. The van der Waals surface area contributed by atoms with Gasteiger partial charge < -0.3 is 5.32 Å². The number of hydrogen-bond acceptors (Lipinski definition) is 1. The molecular formula is C17H19NO. The van der Waals surface area contributed by atoms with Crippen molar-refractivity contribution < 1.29 is 4.79 Å². The summed E-state index contributed by atoms with van der Waals surface area (Å²) >= 11 is 0.